The van der Waals surface area contributed by atoms with Gasteiger partial charge in [-0.05, 0) is 24.6 Å². The van der Waals surface area contributed by atoms with Crippen molar-refractivity contribution in [3.63, 3.8) is 0 Å². The van der Waals surface area contributed by atoms with Crippen LogP contribution in [0.5, 0.6) is 17.2 Å². The summed E-state index contributed by atoms with van der Waals surface area (Å²) in [5.74, 6) is 2.16. The molecule has 2 heterocycles. The highest BCUT2D eigenvalue weighted by molar-refractivity contribution is 7.09. The zero-order valence-electron chi connectivity index (χ0n) is 12.5. The van der Waals surface area contributed by atoms with Crippen LogP contribution in [0.1, 0.15) is 16.3 Å². The van der Waals surface area contributed by atoms with Crippen molar-refractivity contribution >= 4 is 23.7 Å². The molecular weight excluding hydrogens is 324 g/mol. The van der Waals surface area contributed by atoms with Gasteiger partial charge in [0.2, 0.25) is 12.5 Å². The highest BCUT2D eigenvalue weighted by atomic mass is 35.5. The van der Waals surface area contributed by atoms with Crippen molar-refractivity contribution in [2.75, 3.05) is 20.4 Å². The molecule has 0 spiro atoms. The molecule has 1 aliphatic rings. The molecule has 0 aliphatic carbocycles. The van der Waals surface area contributed by atoms with Gasteiger partial charge in [0.15, 0.2) is 11.5 Å². The van der Waals surface area contributed by atoms with Gasteiger partial charge in [0.05, 0.1) is 17.8 Å². The van der Waals surface area contributed by atoms with Crippen molar-refractivity contribution < 1.29 is 14.2 Å². The topological polar surface area (TPSA) is 52.6 Å². The van der Waals surface area contributed by atoms with E-state index in [1.54, 1.807) is 18.4 Å². The maximum absolute atomic E-state index is 5.42. The molecule has 7 heteroatoms. The maximum atomic E-state index is 5.42. The lowest BCUT2D eigenvalue weighted by molar-refractivity contribution is 0.171. The van der Waals surface area contributed by atoms with E-state index in [0.29, 0.717) is 5.75 Å². The molecule has 0 fully saturated rings. The van der Waals surface area contributed by atoms with Gasteiger partial charge in [-0.2, -0.15) is 0 Å². The summed E-state index contributed by atoms with van der Waals surface area (Å²) in [5.41, 5.74) is 2.26. The van der Waals surface area contributed by atoms with Gasteiger partial charge in [0.1, 0.15) is 0 Å². The number of thiazole rings is 1. The average molecular weight is 343 g/mol. The minimum atomic E-state index is 0. The molecular formula is C15H19ClN2O3S. The van der Waals surface area contributed by atoms with Crippen LogP contribution < -0.4 is 19.5 Å². The van der Waals surface area contributed by atoms with Crippen LogP contribution in [0.3, 0.4) is 0 Å². The molecule has 0 unspecified atom stereocenters. The summed E-state index contributed by atoms with van der Waals surface area (Å²) < 4.78 is 16.1. The summed E-state index contributed by atoms with van der Waals surface area (Å²) in [7, 11) is 1.64. The van der Waals surface area contributed by atoms with E-state index in [1.807, 2.05) is 19.1 Å². The van der Waals surface area contributed by atoms with Crippen LogP contribution in [-0.2, 0) is 13.0 Å². The molecule has 22 heavy (non-hydrogen) atoms. The number of hydrogen-bond acceptors (Lipinski definition) is 6. The zero-order valence-corrected chi connectivity index (χ0v) is 14.2. The summed E-state index contributed by atoms with van der Waals surface area (Å²) in [6.45, 7) is 3.93. The molecule has 120 valence electrons. The van der Waals surface area contributed by atoms with E-state index in [1.165, 1.54) is 0 Å². The van der Waals surface area contributed by atoms with Crippen molar-refractivity contribution in [2.24, 2.45) is 0 Å². The molecule has 0 saturated carbocycles. The Hall–Kier alpha value is -1.50. The van der Waals surface area contributed by atoms with Crippen LogP contribution in [0.15, 0.2) is 17.5 Å². The van der Waals surface area contributed by atoms with Crippen molar-refractivity contribution in [3.8, 4) is 17.2 Å². The zero-order chi connectivity index (χ0) is 14.7. The van der Waals surface area contributed by atoms with Crippen LogP contribution >= 0.6 is 23.7 Å². The van der Waals surface area contributed by atoms with Crippen LogP contribution in [0.2, 0.25) is 0 Å². The van der Waals surface area contributed by atoms with Gasteiger partial charge in [-0.3, -0.25) is 0 Å². The van der Waals surface area contributed by atoms with Crippen LogP contribution in [0.25, 0.3) is 0 Å². The molecule has 0 atom stereocenters. The number of nitrogens with one attached hydrogen (secondary N) is 1. The minimum Gasteiger partial charge on any atom is -0.493 e. The minimum absolute atomic E-state index is 0. The number of aryl methyl sites for hydroxylation is 1. The summed E-state index contributed by atoms with van der Waals surface area (Å²) in [5, 5.41) is 6.64. The number of ether oxygens (including phenoxy) is 3. The van der Waals surface area contributed by atoms with E-state index in [-0.39, 0.29) is 19.2 Å². The summed E-state index contributed by atoms with van der Waals surface area (Å²) >= 11 is 1.69. The summed E-state index contributed by atoms with van der Waals surface area (Å²) in [4.78, 5) is 4.45. The average Bonchev–Trinajstić information content (AvgIpc) is 3.11. The molecule has 5 nitrogen and oxygen atoms in total. The van der Waals surface area contributed by atoms with Crippen LogP contribution in [0, 0.1) is 6.92 Å². The molecule has 1 aromatic heterocycles. The maximum Gasteiger partial charge on any atom is 0.231 e. The Labute approximate surface area is 140 Å². The monoisotopic (exact) mass is 342 g/mol. The molecule has 0 radical (unpaired) electrons. The van der Waals surface area contributed by atoms with Gasteiger partial charge in [-0.1, -0.05) is 0 Å². The standard InChI is InChI=1S/C15H18N2O3S.ClH/c1-10-17-12(8-21-10)3-4-16-7-11-5-13(18-2)15-14(6-11)19-9-20-15;/h5-6,8,16H,3-4,7,9H2,1-2H3;1H. The van der Waals surface area contributed by atoms with E-state index >= 15 is 0 Å². The van der Waals surface area contributed by atoms with Crippen molar-refractivity contribution in [2.45, 2.75) is 19.9 Å². The Morgan fingerprint density at radius 2 is 2.23 bits per heavy atom. The van der Waals surface area contributed by atoms with E-state index in [9.17, 15) is 0 Å². The SMILES string of the molecule is COc1cc(CNCCc2csc(C)n2)cc2c1OCO2.Cl. The normalized spacial score (nSPS) is 12.1. The number of hydrogen-bond donors (Lipinski definition) is 1. The molecule has 1 aromatic carbocycles. The lowest BCUT2D eigenvalue weighted by atomic mass is 10.2. The molecule has 0 amide bonds. The fraction of sp³-hybridized carbons (Fsp3) is 0.400. The van der Waals surface area contributed by atoms with E-state index in [4.69, 9.17) is 14.2 Å². The van der Waals surface area contributed by atoms with Gasteiger partial charge in [0, 0.05) is 24.9 Å². The molecule has 0 saturated heterocycles. The summed E-state index contributed by atoms with van der Waals surface area (Å²) in [6, 6.07) is 3.97. The van der Waals surface area contributed by atoms with Gasteiger partial charge < -0.3 is 19.5 Å². The first-order valence-electron chi connectivity index (χ1n) is 6.84. The van der Waals surface area contributed by atoms with E-state index in [2.05, 4.69) is 15.7 Å². The predicted octanol–water partition coefficient (Wildman–Crippen LogP) is 2.94. The summed E-state index contributed by atoms with van der Waals surface area (Å²) in [6.07, 6.45) is 0.937. The Morgan fingerprint density at radius 1 is 1.36 bits per heavy atom. The Morgan fingerprint density at radius 3 is 2.95 bits per heavy atom. The van der Waals surface area contributed by atoms with Gasteiger partial charge in [0.25, 0.3) is 0 Å². The molecule has 0 bridgehead atoms. The van der Waals surface area contributed by atoms with Crippen molar-refractivity contribution in [1.82, 2.24) is 10.3 Å². The Kier molecular flexibility index (Phi) is 5.88. The predicted molar refractivity (Wildman–Crippen MR) is 88.6 cm³/mol. The smallest absolute Gasteiger partial charge is 0.231 e. The van der Waals surface area contributed by atoms with Gasteiger partial charge in [-0.25, -0.2) is 4.98 Å². The lowest BCUT2D eigenvalue weighted by Crippen LogP contribution is -2.16. The Balaban J connectivity index is 0.00000176. The molecule has 3 rings (SSSR count). The molecule has 1 aliphatic heterocycles. The number of fused-ring (bicyclic) bond motifs is 1. The first-order chi connectivity index (χ1) is 10.3. The second-order valence-electron chi connectivity index (χ2n) is 4.82. The fourth-order valence-corrected chi connectivity index (χ4v) is 2.91. The first kappa shape index (κ1) is 16.9. The highest BCUT2D eigenvalue weighted by Gasteiger charge is 2.19. The lowest BCUT2D eigenvalue weighted by Gasteiger charge is -2.09. The number of rotatable bonds is 6. The second kappa shape index (κ2) is 7.67. The molecule has 1 N–H and O–H groups in total. The largest absolute Gasteiger partial charge is 0.493 e. The number of halogens is 1. The molecule has 2 aromatic rings. The van der Waals surface area contributed by atoms with E-state index < -0.39 is 0 Å². The van der Waals surface area contributed by atoms with Crippen molar-refractivity contribution in [1.29, 1.82) is 0 Å². The first-order valence-corrected chi connectivity index (χ1v) is 7.72. The second-order valence-corrected chi connectivity index (χ2v) is 5.88. The number of aromatic nitrogens is 1. The van der Waals surface area contributed by atoms with Gasteiger partial charge in [-0.15, -0.1) is 23.7 Å². The van der Waals surface area contributed by atoms with Gasteiger partial charge >= 0.3 is 0 Å². The number of nitrogens with zero attached hydrogens (tertiary/aromatic N) is 1. The third kappa shape index (κ3) is 3.82. The van der Waals surface area contributed by atoms with Crippen molar-refractivity contribution in [3.05, 3.63) is 33.8 Å². The van der Waals surface area contributed by atoms with Crippen LogP contribution in [-0.4, -0.2) is 25.4 Å². The third-order valence-corrected chi connectivity index (χ3v) is 4.09. The van der Waals surface area contributed by atoms with Crippen LogP contribution in [0.4, 0.5) is 0 Å². The number of benzene rings is 1. The highest BCUT2D eigenvalue weighted by Crippen LogP contribution is 2.41. The van der Waals surface area contributed by atoms with E-state index in [0.717, 1.165) is 47.3 Å². The number of methoxy groups -OCH3 is 1. The third-order valence-electron chi connectivity index (χ3n) is 3.27. The quantitative estimate of drug-likeness (QED) is 0.818. The fourth-order valence-electron chi connectivity index (χ4n) is 2.26. The Bertz CT molecular complexity index is 633.